The third-order valence-electron chi connectivity index (χ3n) is 3.68. The van der Waals surface area contributed by atoms with Crippen LogP contribution in [0.25, 0.3) is 21.7 Å². The molecule has 0 atom stereocenters. The second-order valence-electron chi connectivity index (χ2n) is 5.03. The van der Waals surface area contributed by atoms with Crippen LogP contribution in [0.3, 0.4) is 0 Å². The normalized spacial score (nSPS) is 13.0. The van der Waals surface area contributed by atoms with Crippen LogP contribution in [0.2, 0.25) is 0 Å². The van der Waals surface area contributed by atoms with Crippen molar-refractivity contribution in [1.29, 1.82) is 0 Å². The van der Waals surface area contributed by atoms with E-state index in [1.54, 1.807) is 12.1 Å². The first-order valence-electron chi connectivity index (χ1n) is 6.59. The average Bonchev–Trinajstić information content (AvgIpc) is 2.93. The summed E-state index contributed by atoms with van der Waals surface area (Å²) in [5.74, 6) is 0.396. The zero-order chi connectivity index (χ0) is 15.4. The standard InChI is InChI=1S/C16H10O6/c1-7(17)10-4-8(18)5-12-13(10)9-2-3-11-15(21-6-20-11)14(9)16(19)22-12/h2-5,18H,6H2,1H3. The van der Waals surface area contributed by atoms with E-state index in [-0.39, 0.29) is 34.9 Å². The average molecular weight is 298 g/mol. The van der Waals surface area contributed by atoms with Crippen LogP contribution in [-0.4, -0.2) is 17.7 Å². The Hall–Kier alpha value is -3.02. The predicted molar refractivity (Wildman–Crippen MR) is 77.8 cm³/mol. The number of hydrogen-bond acceptors (Lipinski definition) is 6. The Morgan fingerprint density at radius 2 is 2.00 bits per heavy atom. The highest BCUT2D eigenvalue weighted by Gasteiger charge is 2.23. The number of fused-ring (bicyclic) bond motifs is 5. The third kappa shape index (κ3) is 1.60. The minimum atomic E-state index is -0.607. The molecule has 0 fully saturated rings. The second kappa shape index (κ2) is 4.24. The molecule has 0 spiro atoms. The lowest BCUT2D eigenvalue weighted by Gasteiger charge is -2.08. The second-order valence-corrected chi connectivity index (χ2v) is 5.03. The summed E-state index contributed by atoms with van der Waals surface area (Å²) in [5.41, 5.74) is -0.172. The summed E-state index contributed by atoms with van der Waals surface area (Å²) in [6.45, 7) is 1.42. The molecule has 0 bridgehead atoms. The van der Waals surface area contributed by atoms with E-state index in [0.29, 0.717) is 22.3 Å². The van der Waals surface area contributed by atoms with E-state index in [1.165, 1.54) is 19.1 Å². The minimum absolute atomic E-state index is 0.0288. The third-order valence-corrected chi connectivity index (χ3v) is 3.68. The maximum atomic E-state index is 12.3. The molecule has 22 heavy (non-hydrogen) atoms. The zero-order valence-electron chi connectivity index (χ0n) is 11.5. The van der Waals surface area contributed by atoms with Crippen LogP contribution in [0, 0.1) is 0 Å². The minimum Gasteiger partial charge on any atom is -0.508 e. The lowest BCUT2D eigenvalue weighted by atomic mass is 9.99. The van der Waals surface area contributed by atoms with Crippen molar-refractivity contribution in [1.82, 2.24) is 0 Å². The van der Waals surface area contributed by atoms with Gasteiger partial charge in [-0.2, -0.15) is 0 Å². The van der Waals surface area contributed by atoms with Gasteiger partial charge in [0.15, 0.2) is 17.3 Å². The number of benzene rings is 2. The molecule has 2 aromatic carbocycles. The number of ether oxygens (including phenoxy) is 2. The Morgan fingerprint density at radius 3 is 2.77 bits per heavy atom. The molecule has 0 saturated carbocycles. The zero-order valence-corrected chi connectivity index (χ0v) is 11.5. The van der Waals surface area contributed by atoms with Crippen LogP contribution in [-0.2, 0) is 0 Å². The van der Waals surface area contributed by atoms with E-state index in [0.717, 1.165) is 0 Å². The largest absolute Gasteiger partial charge is 0.508 e. The number of Topliss-reactive ketones (excluding diaryl/α,β-unsaturated/α-hetero) is 1. The van der Waals surface area contributed by atoms with Crippen LogP contribution in [0.4, 0.5) is 0 Å². The number of carbonyl (C=O) groups excluding carboxylic acids is 1. The Labute approximate surface area is 123 Å². The number of ketones is 1. The van der Waals surface area contributed by atoms with Gasteiger partial charge in [-0.05, 0) is 25.1 Å². The molecule has 0 aliphatic carbocycles. The molecule has 6 nitrogen and oxygen atoms in total. The first-order chi connectivity index (χ1) is 10.6. The van der Waals surface area contributed by atoms with Gasteiger partial charge in [0.1, 0.15) is 16.7 Å². The molecule has 2 heterocycles. The maximum Gasteiger partial charge on any atom is 0.348 e. The first-order valence-corrected chi connectivity index (χ1v) is 6.59. The lowest BCUT2D eigenvalue weighted by molar-refractivity contribution is 0.101. The highest BCUT2D eigenvalue weighted by molar-refractivity contribution is 6.17. The van der Waals surface area contributed by atoms with Crippen LogP contribution >= 0.6 is 0 Å². The van der Waals surface area contributed by atoms with Crippen LogP contribution in [0.5, 0.6) is 17.2 Å². The van der Waals surface area contributed by atoms with Gasteiger partial charge in [0, 0.05) is 22.4 Å². The fourth-order valence-corrected chi connectivity index (χ4v) is 2.77. The number of aromatic hydroxyl groups is 1. The van der Waals surface area contributed by atoms with Gasteiger partial charge in [0.2, 0.25) is 6.79 Å². The van der Waals surface area contributed by atoms with Crippen molar-refractivity contribution in [2.45, 2.75) is 6.92 Å². The molecule has 1 aromatic heterocycles. The fraction of sp³-hybridized carbons (Fsp3) is 0.125. The van der Waals surface area contributed by atoms with Gasteiger partial charge >= 0.3 is 5.63 Å². The summed E-state index contributed by atoms with van der Waals surface area (Å²) in [7, 11) is 0. The SMILES string of the molecule is CC(=O)c1cc(O)cc2oc(=O)c3c4c(ccc3c12)OCO4. The molecule has 0 radical (unpaired) electrons. The van der Waals surface area contributed by atoms with Crippen molar-refractivity contribution in [3.05, 3.63) is 40.2 Å². The molecular formula is C16H10O6. The maximum absolute atomic E-state index is 12.3. The van der Waals surface area contributed by atoms with E-state index in [9.17, 15) is 14.7 Å². The van der Waals surface area contributed by atoms with E-state index >= 15 is 0 Å². The molecule has 1 aliphatic rings. The van der Waals surface area contributed by atoms with Crippen molar-refractivity contribution in [3.63, 3.8) is 0 Å². The number of hydrogen-bond donors (Lipinski definition) is 1. The highest BCUT2D eigenvalue weighted by Crippen LogP contribution is 2.40. The number of rotatable bonds is 1. The summed E-state index contributed by atoms with van der Waals surface area (Å²) in [4.78, 5) is 24.2. The van der Waals surface area contributed by atoms with E-state index < -0.39 is 5.63 Å². The Kier molecular flexibility index (Phi) is 2.45. The van der Waals surface area contributed by atoms with Crippen molar-refractivity contribution in [2.75, 3.05) is 6.79 Å². The Bertz CT molecular complexity index is 1010. The van der Waals surface area contributed by atoms with Gasteiger partial charge in [-0.1, -0.05) is 0 Å². The van der Waals surface area contributed by atoms with Gasteiger partial charge in [-0.15, -0.1) is 0 Å². The molecule has 6 heteroatoms. The number of phenolic OH excluding ortho intramolecular Hbond substituents is 1. The van der Waals surface area contributed by atoms with Gasteiger partial charge in [0.05, 0.1) is 0 Å². The smallest absolute Gasteiger partial charge is 0.348 e. The summed E-state index contributed by atoms with van der Waals surface area (Å²) < 4.78 is 15.9. The molecule has 0 unspecified atom stereocenters. The van der Waals surface area contributed by atoms with Crippen LogP contribution in [0.1, 0.15) is 17.3 Å². The van der Waals surface area contributed by atoms with Gasteiger partial charge in [0.25, 0.3) is 0 Å². The summed E-state index contributed by atoms with van der Waals surface area (Å²) >= 11 is 0. The van der Waals surface area contributed by atoms with E-state index in [1.807, 2.05) is 0 Å². The number of carbonyl (C=O) groups is 1. The van der Waals surface area contributed by atoms with Crippen LogP contribution < -0.4 is 15.1 Å². The topological polar surface area (TPSA) is 86.0 Å². The van der Waals surface area contributed by atoms with Crippen molar-refractivity contribution in [3.8, 4) is 17.2 Å². The fourth-order valence-electron chi connectivity index (χ4n) is 2.77. The number of phenols is 1. The Balaban J connectivity index is 2.29. The van der Waals surface area contributed by atoms with Crippen molar-refractivity contribution < 1.29 is 23.8 Å². The van der Waals surface area contributed by atoms with E-state index in [2.05, 4.69) is 0 Å². The lowest BCUT2D eigenvalue weighted by Crippen LogP contribution is -2.04. The van der Waals surface area contributed by atoms with Gasteiger partial charge < -0.3 is 19.0 Å². The highest BCUT2D eigenvalue weighted by atomic mass is 16.7. The summed E-state index contributed by atoms with van der Waals surface area (Å²) in [6, 6.07) is 6.04. The first kappa shape index (κ1) is 12.7. The monoisotopic (exact) mass is 298 g/mol. The van der Waals surface area contributed by atoms with Crippen LogP contribution in [0.15, 0.2) is 33.5 Å². The summed E-state index contributed by atoms with van der Waals surface area (Å²) in [6.07, 6.45) is 0. The summed E-state index contributed by atoms with van der Waals surface area (Å²) in [5, 5.41) is 10.9. The molecule has 0 amide bonds. The molecule has 0 saturated heterocycles. The molecule has 110 valence electrons. The van der Waals surface area contributed by atoms with Gasteiger partial charge in [-0.25, -0.2) is 4.79 Å². The predicted octanol–water partition coefficient (Wildman–Crippen LogP) is 2.58. The molecule has 1 aliphatic heterocycles. The van der Waals surface area contributed by atoms with Gasteiger partial charge in [-0.3, -0.25) is 4.79 Å². The van der Waals surface area contributed by atoms with Crippen molar-refractivity contribution in [2.24, 2.45) is 0 Å². The Morgan fingerprint density at radius 1 is 1.18 bits per heavy atom. The molecule has 3 aromatic rings. The molecular weight excluding hydrogens is 288 g/mol. The molecule has 4 rings (SSSR count). The quantitative estimate of drug-likeness (QED) is 0.422. The van der Waals surface area contributed by atoms with E-state index in [4.69, 9.17) is 13.9 Å². The van der Waals surface area contributed by atoms with Crippen molar-refractivity contribution >= 4 is 27.5 Å². The molecule has 1 N–H and O–H groups in total.